The van der Waals surface area contributed by atoms with Crippen molar-refractivity contribution in [2.45, 2.75) is 57.6 Å². The highest BCUT2D eigenvalue weighted by molar-refractivity contribution is 7.09. The quantitative estimate of drug-likeness (QED) is 0.782. The number of carbonyl (C=O) groups excluding carboxylic acids is 1. The molecule has 1 N–H and O–H groups in total. The summed E-state index contributed by atoms with van der Waals surface area (Å²) >= 11 is 1.62. The van der Waals surface area contributed by atoms with Crippen LogP contribution in [-0.2, 0) is 22.4 Å². The molecule has 0 spiro atoms. The van der Waals surface area contributed by atoms with Gasteiger partial charge in [0.15, 0.2) is 0 Å². The Morgan fingerprint density at radius 2 is 2.24 bits per heavy atom. The number of aromatic nitrogens is 1. The van der Waals surface area contributed by atoms with Gasteiger partial charge in [0.2, 0.25) is 5.91 Å². The summed E-state index contributed by atoms with van der Waals surface area (Å²) < 4.78 is 5.63. The molecule has 1 fully saturated rings. The van der Waals surface area contributed by atoms with Crippen molar-refractivity contribution < 1.29 is 9.53 Å². The van der Waals surface area contributed by atoms with Crippen LogP contribution in [0.3, 0.4) is 0 Å². The third-order valence-electron chi connectivity index (χ3n) is 4.49. The first-order chi connectivity index (χ1) is 12.2. The Kier molecular flexibility index (Phi) is 6.59. The van der Waals surface area contributed by atoms with Gasteiger partial charge in [-0.15, -0.1) is 11.3 Å². The highest BCUT2D eigenvalue weighted by atomic mass is 32.1. The van der Waals surface area contributed by atoms with Gasteiger partial charge in [-0.3, -0.25) is 4.79 Å². The summed E-state index contributed by atoms with van der Waals surface area (Å²) in [5, 5.41) is 6.13. The molecule has 4 nitrogen and oxygen atoms in total. The molecule has 1 saturated heterocycles. The predicted molar refractivity (Wildman–Crippen MR) is 101 cm³/mol. The van der Waals surface area contributed by atoms with Gasteiger partial charge in [-0.25, -0.2) is 4.98 Å². The SMILES string of the molecule is CC(CCC1CCCO1)NC(=O)Cc1csc(Cc2ccccc2)n1. The van der Waals surface area contributed by atoms with Crippen molar-refractivity contribution >= 4 is 17.2 Å². The third kappa shape index (κ3) is 5.94. The first-order valence-electron chi connectivity index (χ1n) is 9.07. The van der Waals surface area contributed by atoms with Gasteiger partial charge < -0.3 is 10.1 Å². The van der Waals surface area contributed by atoms with Gasteiger partial charge in [-0.05, 0) is 38.2 Å². The van der Waals surface area contributed by atoms with Crippen LogP contribution in [0.15, 0.2) is 35.7 Å². The maximum Gasteiger partial charge on any atom is 0.226 e. The van der Waals surface area contributed by atoms with E-state index < -0.39 is 0 Å². The molecule has 1 amide bonds. The Morgan fingerprint density at radius 3 is 3.00 bits per heavy atom. The maximum absolute atomic E-state index is 12.2. The minimum atomic E-state index is 0.0522. The highest BCUT2D eigenvalue weighted by Gasteiger charge is 2.17. The van der Waals surface area contributed by atoms with Crippen LogP contribution in [0, 0.1) is 0 Å². The standard InChI is InChI=1S/C20H26N2O2S/c1-15(9-10-18-8-5-11-24-18)21-19(23)13-17-14-25-20(22-17)12-16-6-3-2-4-7-16/h2-4,6-7,14-15,18H,5,8-13H2,1H3,(H,21,23). The average molecular weight is 359 g/mol. The van der Waals surface area contributed by atoms with Crippen molar-refractivity contribution in [1.82, 2.24) is 10.3 Å². The summed E-state index contributed by atoms with van der Waals surface area (Å²) in [6.07, 6.45) is 5.88. The first-order valence-corrected chi connectivity index (χ1v) is 9.95. The van der Waals surface area contributed by atoms with Crippen molar-refractivity contribution in [3.8, 4) is 0 Å². The van der Waals surface area contributed by atoms with Crippen molar-refractivity contribution in [2.24, 2.45) is 0 Å². The zero-order valence-electron chi connectivity index (χ0n) is 14.7. The predicted octanol–water partition coefficient (Wildman–Crippen LogP) is 3.74. The Labute approximate surface area is 153 Å². The van der Waals surface area contributed by atoms with Crippen molar-refractivity contribution in [3.05, 3.63) is 52.0 Å². The van der Waals surface area contributed by atoms with Crippen LogP contribution in [0.5, 0.6) is 0 Å². The lowest BCUT2D eigenvalue weighted by atomic mass is 10.1. The maximum atomic E-state index is 12.2. The van der Waals surface area contributed by atoms with E-state index in [1.54, 1.807) is 11.3 Å². The molecule has 0 aliphatic carbocycles. The number of carbonyl (C=O) groups is 1. The molecule has 1 aromatic carbocycles. The number of thiazole rings is 1. The van der Waals surface area contributed by atoms with E-state index >= 15 is 0 Å². The summed E-state index contributed by atoms with van der Waals surface area (Å²) in [7, 11) is 0. The minimum Gasteiger partial charge on any atom is -0.378 e. The normalized spacial score (nSPS) is 18.2. The van der Waals surface area contributed by atoms with E-state index in [1.165, 1.54) is 12.0 Å². The number of rotatable bonds is 8. The van der Waals surface area contributed by atoms with Crippen LogP contribution < -0.4 is 5.32 Å². The number of nitrogens with zero attached hydrogens (tertiary/aromatic N) is 1. The largest absolute Gasteiger partial charge is 0.378 e. The second-order valence-corrected chi connectivity index (χ2v) is 7.70. The smallest absolute Gasteiger partial charge is 0.226 e. The molecular weight excluding hydrogens is 332 g/mol. The number of nitrogens with one attached hydrogen (secondary N) is 1. The van der Waals surface area contributed by atoms with E-state index in [2.05, 4.69) is 29.4 Å². The van der Waals surface area contributed by atoms with E-state index in [-0.39, 0.29) is 11.9 Å². The molecule has 5 heteroatoms. The molecule has 0 saturated carbocycles. The van der Waals surface area contributed by atoms with Crippen LogP contribution in [0.4, 0.5) is 0 Å². The van der Waals surface area contributed by atoms with Gasteiger partial charge in [0.25, 0.3) is 0 Å². The van der Waals surface area contributed by atoms with Gasteiger partial charge in [-0.2, -0.15) is 0 Å². The topological polar surface area (TPSA) is 51.2 Å². The summed E-state index contributed by atoms with van der Waals surface area (Å²) in [5.74, 6) is 0.0522. The Morgan fingerprint density at radius 1 is 1.40 bits per heavy atom. The first kappa shape index (κ1) is 18.1. The molecule has 2 unspecified atom stereocenters. The monoisotopic (exact) mass is 358 g/mol. The number of hydrogen-bond acceptors (Lipinski definition) is 4. The van der Waals surface area contributed by atoms with Crippen LogP contribution >= 0.6 is 11.3 Å². The lowest BCUT2D eigenvalue weighted by Gasteiger charge is -2.16. The van der Waals surface area contributed by atoms with Crippen molar-refractivity contribution in [2.75, 3.05) is 6.61 Å². The average Bonchev–Trinajstić information content (AvgIpc) is 3.26. The highest BCUT2D eigenvalue weighted by Crippen LogP contribution is 2.18. The van der Waals surface area contributed by atoms with E-state index in [1.807, 2.05) is 23.6 Å². The fourth-order valence-electron chi connectivity index (χ4n) is 3.15. The molecule has 0 bridgehead atoms. The van der Waals surface area contributed by atoms with E-state index in [9.17, 15) is 4.79 Å². The van der Waals surface area contributed by atoms with Gasteiger partial charge in [0, 0.05) is 24.4 Å². The molecule has 0 radical (unpaired) electrons. The molecule has 1 aromatic heterocycles. The van der Waals surface area contributed by atoms with E-state index in [0.29, 0.717) is 12.5 Å². The molecular formula is C20H26N2O2S. The number of ether oxygens (including phenoxy) is 1. The van der Waals surface area contributed by atoms with Crippen LogP contribution in [0.25, 0.3) is 0 Å². The molecule has 3 rings (SSSR count). The number of hydrogen-bond donors (Lipinski definition) is 1. The second kappa shape index (κ2) is 9.11. The fourth-order valence-corrected chi connectivity index (χ4v) is 3.98. The Bertz CT molecular complexity index is 665. The minimum absolute atomic E-state index is 0.0522. The fraction of sp³-hybridized carbons (Fsp3) is 0.500. The molecule has 1 aliphatic heterocycles. The number of amides is 1. The lowest BCUT2D eigenvalue weighted by Crippen LogP contribution is -2.34. The molecule has 25 heavy (non-hydrogen) atoms. The summed E-state index contributed by atoms with van der Waals surface area (Å²) in [6, 6.07) is 10.5. The number of benzene rings is 1. The summed E-state index contributed by atoms with van der Waals surface area (Å²) in [6.45, 7) is 2.95. The summed E-state index contributed by atoms with van der Waals surface area (Å²) in [5.41, 5.74) is 2.11. The zero-order valence-corrected chi connectivity index (χ0v) is 15.6. The Balaban J connectivity index is 1.41. The van der Waals surface area contributed by atoms with Crippen LogP contribution in [0.2, 0.25) is 0 Å². The third-order valence-corrected chi connectivity index (χ3v) is 5.39. The van der Waals surface area contributed by atoms with E-state index in [0.717, 1.165) is 43.0 Å². The second-order valence-electron chi connectivity index (χ2n) is 6.75. The van der Waals surface area contributed by atoms with Crippen molar-refractivity contribution in [1.29, 1.82) is 0 Å². The molecule has 2 heterocycles. The van der Waals surface area contributed by atoms with Gasteiger partial charge in [0.1, 0.15) is 0 Å². The zero-order chi connectivity index (χ0) is 17.5. The molecule has 2 aromatic rings. The van der Waals surface area contributed by atoms with Gasteiger partial charge >= 0.3 is 0 Å². The molecule has 1 aliphatic rings. The Hall–Kier alpha value is -1.72. The molecule has 134 valence electrons. The van der Waals surface area contributed by atoms with Crippen LogP contribution in [0.1, 0.15) is 48.9 Å². The van der Waals surface area contributed by atoms with E-state index in [4.69, 9.17) is 4.74 Å². The molecule has 2 atom stereocenters. The van der Waals surface area contributed by atoms with Gasteiger partial charge in [0.05, 0.1) is 23.2 Å². The van der Waals surface area contributed by atoms with Crippen LogP contribution in [-0.4, -0.2) is 29.6 Å². The lowest BCUT2D eigenvalue weighted by molar-refractivity contribution is -0.121. The van der Waals surface area contributed by atoms with Gasteiger partial charge in [-0.1, -0.05) is 30.3 Å². The van der Waals surface area contributed by atoms with Crippen molar-refractivity contribution in [3.63, 3.8) is 0 Å². The summed E-state index contributed by atoms with van der Waals surface area (Å²) in [4.78, 5) is 16.8.